The van der Waals surface area contributed by atoms with Gasteiger partial charge >= 0.3 is 0 Å². The van der Waals surface area contributed by atoms with Gasteiger partial charge in [-0.1, -0.05) is 59.1 Å². The van der Waals surface area contributed by atoms with Gasteiger partial charge in [0.05, 0.1) is 28.3 Å². The van der Waals surface area contributed by atoms with Gasteiger partial charge in [-0.3, -0.25) is 4.79 Å². The quantitative estimate of drug-likeness (QED) is 0.242. The Labute approximate surface area is 265 Å². The zero-order chi connectivity index (χ0) is 30.1. The summed E-state index contributed by atoms with van der Waals surface area (Å²) >= 11 is 18.7. The van der Waals surface area contributed by atoms with E-state index in [9.17, 15) is 13.2 Å². The van der Waals surface area contributed by atoms with Crippen molar-refractivity contribution in [3.05, 3.63) is 93.6 Å². The van der Waals surface area contributed by atoms with E-state index >= 15 is 0 Å². The predicted octanol–water partition coefficient (Wildman–Crippen LogP) is 6.93. The van der Waals surface area contributed by atoms with Gasteiger partial charge in [0.15, 0.2) is 5.75 Å². The molecular formula is C31H29Cl3N4O4S. The summed E-state index contributed by atoms with van der Waals surface area (Å²) < 4.78 is 35.7. The van der Waals surface area contributed by atoms with Crippen LogP contribution in [-0.2, 0) is 14.8 Å². The molecule has 12 heteroatoms. The average Bonchev–Trinajstić information content (AvgIpc) is 3.27. The van der Waals surface area contributed by atoms with Gasteiger partial charge in [0.1, 0.15) is 11.4 Å². The second kappa shape index (κ2) is 12.5. The van der Waals surface area contributed by atoms with Gasteiger partial charge in [-0.05, 0) is 74.2 Å². The van der Waals surface area contributed by atoms with Crippen molar-refractivity contribution in [2.75, 3.05) is 19.7 Å². The van der Waals surface area contributed by atoms with E-state index in [1.165, 1.54) is 16.4 Å². The molecule has 0 saturated carbocycles. The van der Waals surface area contributed by atoms with E-state index in [1.54, 1.807) is 22.9 Å². The lowest BCUT2D eigenvalue weighted by atomic mass is 9.96. The number of hydrogen-bond donors (Lipinski definition) is 1. The first-order chi connectivity index (χ1) is 20.7. The summed E-state index contributed by atoms with van der Waals surface area (Å²) in [4.78, 5) is 13.8. The zero-order valence-electron chi connectivity index (χ0n) is 23.0. The van der Waals surface area contributed by atoms with Crippen molar-refractivity contribution in [1.29, 1.82) is 0 Å². The molecule has 1 aromatic heterocycles. The number of amides is 1. The van der Waals surface area contributed by atoms with Crippen molar-refractivity contribution >= 4 is 50.7 Å². The number of benzene rings is 3. The van der Waals surface area contributed by atoms with Crippen LogP contribution in [0.4, 0.5) is 0 Å². The van der Waals surface area contributed by atoms with Crippen molar-refractivity contribution in [2.45, 2.75) is 36.6 Å². The van der Waals surface area contributed by atoms with Crippen LogP contribution >= 0.6 is 34.8 Å². The Morgan fingerprint density at radius 1 is 0.884 bits per heavy atom. The van der Waals surface area contributed by atoms with E-state index in [1.807, 2.05) is 42.5 Å². The Bertz CT molecular complexity index is 1740. The number of carbonyl (C=O) groups excluding carboxylic acids is 1. The van der Waals surface area contributed by atoms with Gasteiger partial charge in [0.25, 0.3) is 0 Å². The molecule has 1 saturated heterocycles. The molecule has 0 aliphatic carbocycles. The Kier molecular flexibility index (Phi) is 8.71. The number of rotatable bonds is 6. The lowest BCUT2D eigenvalue weighted by molar-refractivity contribution is -0.127. The van der Waals surface area contributed by atoms with Crippen LogP contribution in [0.15, 0.2) is 77.7 Å². The summed E-state index contributed by atoms with van der Waals surface area (Å²) in [6, 6.07) is 20.6. The van der Waals surface area contributed by atoms with Crippen molar-refractivity contribution in [3.8, 4) is 22.7 Å². The van der Waals surface area contributed by atoms with Gasteiger partial charge in [-0.15, -0.1) is 0 Å². The van der Waals surface area contributed by atoms with Crippen LogP contribution in [0.5, 0.6) is 5.75 Å². The zero-order valence-corrected chi connectivity index (χ0v) is 26.1. The number of piperidine rings is 1. The first-order valence-electron chi connectivity index (χ1n) is 14.0. The molecule has 1 amide bonds. The molecule has 2 aliphatic rings. The Morgan fingerprint density at radius 2 is 1.53 bits per heavy atom. The summed E-state index contributed by atoms with van der Waals surface area (Å²) in [6.45, 7) is 0.975. The third-order valence-corrected chi connectivity index (χ3v) is 10.6. The highest BCUT2D eigenvalue weighted by Crippen LogP contribution is 2.42. The van der Waals surface area contributed by atoms with Crippen LogP contribution in [0, 0.1) is 5.92 Å². The van der Waals surface area contributed by atoms with Crippen LogP contribution < -0.4 is 10.1 Å². The molecule has 1 unspecified atom stereocenters. The molecule has 0 radical (unpaired) electrons. The predicted molar refractivity (Wildman–Crippen MR) is 168 cm³/mol. The molecule has 1 N–H and O–H groups in total. The number of fused-ring (bicyclic) bond motifs is 1. The van der Waals surface area contributed by atoms with E-state index in [0.29, 0.717) is 58.1 Å². The maximum atomic E-state index is 13.6. The number of para-hydroxylation sites is 1. The first kappa shape index (κ1) is 30.0. The van der Waals surface area contributed by atoms with Crippen molar-refractivity contribution in [2.24, 2.45) is 5.92 Å². The molecule has 6 rings (SSSR count). The fourth-order valence-corrected chi connectivity index (χ4v) is 7.53. The van der Waals surface area contributed by atoms with Gasteiger partial charge in [0, 0.05) is 34.6 Å². The van der Waals surface area contributed by atoms with Crippen molar-refractivity contribution in [1.82, 2.24) is 19.4 Å². The Morgan fingerprint density at radius 3 is 2.21 bits per heavy atom. The number of nitrogens with one attached hydrogen (secondary N) is 1. The average molecular weight is 660 g/mol. The summed E-state index contributed by atoms with van der Waals surface area (Å²) in [5.74, 6) is 0.140. The number of ether oxygens (including phenoxy) is 1. The van der Waals surface area contributed by atoms with Gasteiger partial charge in [-0.2, -0.15) is 9.40 Å². The molecule has 1 atom stereocenters. The lowest BCUT2D eigenvalue weighted by Crippen LogP contribution is -2.43. The molecule has 4 aromatic rings. The van der Waals surface area contributed by atoms with E-state index in [-0.39, 0.29) is 29.8 Å². The first-order valence-corrected chi connectivity index (χ1v) is 16.6. The minimum absolute atomic E-state index is 0.123. The van der Waals surface area contributed by atoms with Crippen LogP contribution in [0.3, 0.4) is 0 Å². The van der Waals surface area contributed by atoms with Crippen LogP contribution in [0.2, 0.25) is 15.1 Å². The number of halogens is 3. The molecule has 224 valence electrons. The number of hydrogen-bond acceptors (Lipinski definition) is 5. The molecule has 0 bridgehead atoms. The van der Waals surface area contributed by atoms with E-state index in [2.05, 4.69) is 5.32 Å². The summed E-state index contributed by atoms with van der Waals surface area (Å²) in [7, 11) is -3.67. The normalized spacial score (nSPS) is 18.0. The summed E-state index contributed by atoms with van der Waals surface area (Å²) in [5, 5.41) is 9.78. The SMILES string of the molecule is O=C(NC1CCCOc2c1nn(-c1ccccc1Cl)c2-c1ccc(Cl)cc1)C1CCN(S(=O)(=O)c2ccc(Cl)cc2)CC1. The summed E-state index contributed by atoms with van der Waals surface area (Å²) in [5.41, 5.74) is 2.88. The van der Waals surface area contributed by atoms with Crippen molar-refractivity contribution in [3.63, 3.8) is 0 Å². The standard InChI is InChI=1S/C31H29Cl3N4O4S/c32-22-9-7-20(8-10-22)29-30-28(36-38(29)27-6-2-1-4-25(27)34)26(5-3-19-42-30)35-31(39)21-15-17-37(18-16-21)43(40,41)24-13-11-23(33)12-14-24/h1-2,4,6-14,21,26H,3,5,15-19H2,(H,35,39). The molecular weight excluding hydrogens is 631 g/mol. The minimum atomic E-state index is -3.67. The second-order valence-electron chi connectivity index (χ2n) is 10.6. The lowest BCUT2D eigenvalue weighted by Gasteiger charge is -2.31. The maximum absolute atomic E-state index is 13.6. The smallest absolute Gasteiger partial charge is 0.243 e. The molecule has 8 nitrogen and oxygen atoms in total. The highest BCUT2D eigenvalue weighted by atomic mass is 35.5. The third kappa shape index (κ3) is 6.14. The van der Waals surface area contributed by atoms with Crippen LogP contribution in [0.25, 0.3) is 16.9 Å². The van der Waals surface area contributed by atoms with E-state index in [0.717, 1.165) is 17.7 Å². The number of nitrogens with zero attached hydrogens (tertiary/aromatic N) is 3. The fraction of sp³-hybridized carbons (Fsp3) is 0.290. The van der Waals surface area contributed by atoms with Crippen molar-refractivity contribution < 1.29 is 17.9 Å². The topological polar surface area (TPSA) is 93.5 Å². The highest BCUT2D eigenvalue weighted by Gasteiger charge is 2.35. The monoisotopic (exact) mass is 658 g/mol. The molecule has 0 spiro atoms. The minimum Gasteiger partial charge on any atom is -0.489 e. The van der Waals surface area contributed by atoms with Gasteiger partial charge in [0.2, 0.25) is 15.9 Å². The maximum Gasteiger partial charge on any atom is 0.243 e. The fourth-order valence-electron chi connectivity index (χ4n) is 5.59. The van der Waals surface area contributed by atoms with Gasteiger partial charge < -0.3 is 10.1 Å². The largest absolute Gasteiger partial charge is 0.489 e. The number of sulfonamides is 1. The molecule has 3 heterocycles. The third-order valence-electron chi connectivity index (χ3n) is 7.87. The molecule has 1 fully saturated rings. The number of carbonyl (C=O) groups is 1. The van der Waals surface area contributed by atoms with E-state index in [4.69, 9.17) is 44.6 Å². The Hall–Kier alpha value is -3.08. The second-order valence-corrected chi connectivity index (χ2v) is 13.8. The summed E-state index contributed by atoms with van der Waals surface area (Å²) in [6.07, 6.45) is 2.20. The molecule has 43 heavy (non-hydrogen) atoms. The van der Waals surface area contributed by atoms with Crippen LogP contribution in [0.1, 0.15) is 37.4 Å². The Balaban J connectivity index is 1.25. The molecule has 2 aliphatic heterocycles. The molecule has 3 aromatic carbocycles. The van der Waals surface area contributed by atoms with E-state index < -0.39 is 16.1 Å². The van der Waals surface area contributed by atoms with Crippen LogP contribution in [-0.4, -0.2) is 48.1 Å². The highest BCUT2D eigenvalue weighted by molar-refractivity contribution is 7.89. The van der Waals surface area contributed by atoms with Gasteiger partial charge in [-0.25, -0.2) is 13.1 Å². The number of aromatic nitrogens is 2.